The predicted molar refractivity (Wildman–Crippen MR) is 197 cm³/mol. The summed E-state index contributed by atoms with van der Waals surface area (Å²) in [4.78, 5) is 43.7. The van der Waals surface area contributed by atoms with Crippen LogP contribution in [-0.4, -0.2) is 84.3 Å². The van der Waals surface area contributed by atoms with E-state index < -0.39 is 11.2 Å². The molecule has 14 nitrogen and oxygen atoms in total. The van der Waals surface area contributed by atoms with E-state index in [1.54, 1.807) is 18.2 Å². The number of pyridine rings is 1. The van der Waals surface area contributed by atoms with Crippen molar-refractivity contribution in [3.05, 3.63) is 83.0 Å². The van der Waals surface area contributed by atoms with Crippen molar-refractivity contribution < 1.29 is 14.4 Å². The first-order valence-corrected chi connectivity index (χ1v) is 17.9. The number of carbonyl (C=O) groups excluding carboxylic acids is 3. The van der Waals surface area contributed by atoms with Crippen LogP contribution in [0.4, 0.5) is 11.4 Å². The highest BCUT2D eigenvalue weighted by atomic mass is 16.2. The van der Waals surface area contributed by atoms with Crippen molar-refractivity contribution in [3.63, 3.8) is 0 Å². The van der Waals surface area contributed by atoms with Gasteiger partial charge in [-0.2, -0.15) is 5.10 Å². The number of hydrogen-bond acceptors (Lipinski definition) is 11. The van der Waals surface area contributed by atoms with Gasteiger partial charge >= 0.3 is 0 Å². The van der Waals surface area contributed by atoms with Gasteiger partial charge in [0, 0.05) is 66.2 Å². The Balaban J connectivity index is 1.12. The van der Waals surface area contributed by atoms with Crippen LogP contribution in [0.3, 0.4) is 0 Å². The summed E-state index contributed by atoms with van der Waals surface area (Å²) in [5, 5.41) is 16.7. The number of hydrogen-bond donors (Lipinski definition) is 5. The number of allylic oxidation sites excluding steroid dienone is 1. The Morgan fingerprint density at radius 2 is 1.85 bits per heavy atom. The van der Waals surface area contributed by atoms with E-state index in [0.29, 0.717) is 17.7 Å². The molecule has 4 unspecified atom stereocenters. The molecule has 4 aliphatic heterocycles. The molecule has 0 spiro atoms. The molecule has 264 valence electrons. The van der Waals surface area contributed by atoms with Gasteiger partial charge in [-0.05, 0) is 50.3 Å². The molecule has 7 N–H and O–H groups in total. The molecule has 1 aromatic carbocycles. The number of hydrazine groups is 1. The molecule has 6 aliphatic rings. The predicted octanol–water partition coefficient (Wildman–Crippen LogP) is 1.80. The van der Waals surface area contributed by atoms with Crippen molar-refractivity contribution in [1.29, 1.82) is 0 Å². The highest BCUT2D eigenvalue weighted by Gasteiger charge is 2.56. The number of carbonyl (C=O) groups is 3. The summed E-state index contributed by atoms with van der Waals surface area (Å²) in [5.41, 5.74) is 18.3. The molecule has 2 aromatic heterocycles. The topological polar surface area (TPSA) is 180 Å². The summed E-state index contributed by atoms with van der Waals surface area (Å²) in [6, 6.07) is 11.1. The fraction of sp³-hybridized carbons (Fsp3) is 0.417. The fourth-order valence-electron chi connectivity index (χ4n) is 7.82. The van der Waals surface area contributed by atoms with Crippen molar-refractivity contribution in [1.82, 2.24) is 35.4 Å². The van der Waals surface area contributed by atoms with E-state index in [0.717, 1.165) is 67.6 Å². The zero-order valence-electron chi connectivity index (χ0n) is 29.3. The third-order valence-electron chi connectivity index (χ3n) is 10.7. The standard InChI is InChI=1S/C36H41B2N11O3/c1-3-27-33-24(16-41-48(33)30-14-22-17-47(30)49(22)36(37,38)28-9-4-6-21(18-50)42-28)23-7-5-8-25(32(23)46(27)2)44-26(31(40)35(52)43-20-12-13-20)15-29(39)45-34(51)19-10-11-19/h4-9,15-16,18-20,22,27,30,44H,3,10-14,17,39-40H2,1-2H3,(H,43,52)(H,45,51)/b29-15+,31-26+. The summed E-state index contributed by atoms with van der Waals surface area (Å²) in [7, 11) is 15.5. The number of amides is 2. The number of nitrogens with zero attached hydrogens (tertiary/aromatic N) is 6. The van der Waals surface area contributed by atoms with Gasteiger partial charge in [0.2, 0.25) is 5.91 Å². The first-order valence-electron chi connectivity index (χ1n) is 17.9. The van der Waals surface area contributed by atoms with Crippen LogP contribution in [0.25, 0.3) is 11.1 Å². The average Bonchev–Trinajstić information content (AvgIpc) is 4.02. The molecule has 2 saturated carbocycles. The average molecular weight is 697 g/mol. The maximum atomic E-state index is 13.2. The zero-order chi connectivity index (χ0) is 36.5. The van der Waals surface area contributed by atoms with E-state index >= 15 is 0 Å². The Labute approximate surface area is 304 Å². The van der Waals surface area contributed by atoms with E-state index in [4.69, 9.17) is 32.3 Å². The number of nitrogens with one attached hydrogen (secondary N) is 3. The first kappa shape index (κ1) is 34.0. The number of aldehydes is 1. The van der Waals surface area contributed by atoms with Gasteiger partial charge in [0.25, 0.3) is 5.91 Å². The van der Waals surface area contributed by atoms with Crippen LogP contribution in [-0.2, 0) is 14.9 Å². The summed E-state index contributed by atoms with van der Waals surface area (Å²) < 4.78 is 2.09. The van der Waals surface area contributed by atoms with Gasteiger partial charge in [0.15, 0.2) is 6.29 Å². The van der Waals surface area contributed by atoms with Gasteiger partial charge in [0.05, 0.1) is 50.7 Å². The second-order valence-corrected chi connectivity index (χ2v) is 14.4. The molecule has 2 bridgehead atoms. The molecule has 4 atom stereocenters. The van der Waals surface area contributed by atoms with Crippen molar-refractivity contribution >= 4 is 45.2 Å². The third kappa shape index (κ3) is 5.83. The maximum Gasteiger partial charge on any atom is 0.269 e. The van der Waals surface area contributed by atoms with E-state index in [2.05, 4.69) is 48.5 Å². The molecule has 5 fully saturated rings. The number of benzene rings is 1. The second kappa shape index (κ2) is 12.8. The molecule has 2 amide bonds. The van der Waals surface area contributed by atoms with Gasteiger partial charge in [-0.15, -0.1) is 0 Å². The van der Waals surface area contributed by atoms with E-state index in [1.165, 1.54) is 6.08 Å². The summed E-state index contributed by atoms with van der Waals surface area (Å²) >= 11 is 0. The maximum absolute atomic E-state index is 13.2. The Morgan fingerprint density at radius 1 is 1.08 bits per heavy atom. The highest BCUT2D eigenvalue weighted by Crippen LogP contribution is 2.52. The van der Waals surface area contributed by atoms with E-state index in [-0.39, 0.29) is 59.0 Å². The molecule has 3 saturated heterocycles. The number of anilines is 2. The lowest BCUT2D eigenvalue weighted by atomic mass is 9.58. The van der Waals surface area contributed by atoms with Gasteiger partial charge in [-0.1, -0.05) is 25.1 Å². The van der Waals surface area contributed by atoms with Crippen LogP contribution in [0.1, 0.15) is 79.5 Å². The zero-order valence-corrected chi connectivity index (χ0v) is 29.3. The number of rotatable bonds is 12. The summed E-state index contributed by atoms with van der Waals surface area (Å²) in [5.74, 6) is -0.493. The van der Waals surface area contributed by atoms with Gasteiger partial charge in [-0.25, -0.2) is 19.7 Å². The smallest absolute Gasteiger partial charge is 0.269 e. The van der Waals surface area contributed by atoms with Crippen molar-refractivity contribution in [2.45, 2.75) is 75.1 Å². The molecule has 3 aromatic rings. The Bertz CT molecular complexity index is 2020. The van der Waals surface area contributed by atoms with Crippen LogP contribution in [0.15, 0.2) is 65.9 Å². The molecule has 2 aliphatic carbocycles. The quantitative estimate of drug-likeness (QED) is 0.0807. The minimum atomic E-state index is -1.42. The normalized spacial score (nSPS) is 24.3. The molecule has 52 heavy (non-hydrogen) atoms. The second-order valence-electron chi connectivity index (χ2n) is 14.4. The van der Waals surface area contributed by atoms with Crippen LogP contribution >= 0.6 is 0 Å². The lowest BCUT2D eigenvalue weighted by Gasteiger charge is -2.53. The molecule has 6 heterocycles. The Morgan fingerprint density at radius 3 is 2.56 bits per heavy atom. The van der Waals surface area contributed by atoms with Crippen LogP contribution in [0, 0.1) is 5.92 Å². The first-order chi connectivity index (χ1) is 25.0. The van der Waals surface area contributed by atoms with Crippen LogP contribution in [0.2, 0.25) is 0 Å². The summed E-state index contributed by atoms with van der Waals surface area (Å²) in [6.45, 7) is 2.90. The monoisotopic (exact) mass is 697 g/mol. The molecular weight excluding hydrogens is 656 g/mol. The van der Waals surface area contributed by atoms with Crippen molar-refractivity contribution in [2.75, 3.05) is 23.8 Å². The van der Waals surface area contributed by atoms with Crippen molar-refractivity contribution in [3.8, 4) is 11.1 Å². The largest absolute Gasteiger partial charge is 0.393 e. The summed E-state index contributed by atoms with van der Waals surface area (Å²) in [6.07, 6.45) is 8.99. The molecule has 4 radical (unpaired) electrons. The third-order valence-corrected chi connectivity index (χ3v) is 10.7. The highest BCUT2D eigenvalue weighted by molar-refractivity contribution is 6.39. The van der Waals surface area contributed by atoms with Crippen molar-refractivity contribution in [2.24, 2.45) is 17.4 Å². The fourth-order valence-corrected chi connectivity index (χ4v) is 7.82. The minimum Gasteiger partial charge on any atom is -0.393 e. The Hall–Kier alpha value is -5.08. The minimum absolute atomic E-state index is 0.0325. The lowest BCUT2D eigenvalue weighted by molar-refractivity contribution is -0.156. The number of fused-ring (bicyclic) bond motifs is 4. The van der Waals surface area contributed by atoms with Gasteiger partial charge in [0.1, 0.15) is 23.4 Å². The van der Waals surface area contributed by atoms with Crippen LogP contribution in [0.5, 0.6) is 0 Å². The SMILES string of the molecule is [B]C([B])(c1cccc(C=O)n1)N1C2CC(n3ncc4c3C(CC)N(C)c3c(NC(/C=C(\N)NC(=O)C5CC5)=C(/N)C(=O)NC5CC5)cccc3-4)N1C2. The van der Waals surface area contributed by atoms with Gasteiger partial charge in [-0.3, -0.25) is 14.4 Å². The Kier molecular flexibility index (Phi) is 8.41. The number of aromatic nitrogens is 3. The van der Waals surface area contributed by atoms with Crippen LogP contribution < -0.4 is 32.3 Å². The molecule has 9 rings (SSSR count). The van der Waals surface area contributed by atoms with Gasteiger partial charge < -0.3 is 32.3 Å². The van der Waals surface area contributed by atoms with E-state index in [1.807, 2.05) is 30.4 Å². The molecular formula is C36H41B2N11O3. The lowest BCUT2D eigenvalue weighted by Crippen LogP contribution is -2.67. The number of nitrogens with two attached hydrogens (primary N) is 2. The van der Waals surface area contributed by atoms with E-state index in [9.17, 15) is 14.4 Å². The molecule has 16 heteroatoms. The number of para-hydroxylation sites is 1.